The first kappa shape index (κ1) is 54.3. The first-order valence-electron chi connectivity index (χ1n) is 21.4. The van der Waals surface area contributed by atoms with Crippen LogP contribution in [0.5, 0.6) is 0 Å². The number of aliphatic hydroxyl groups excluding tert-OH is 3. The molecule has 13 heteroatoms. The first-order chi connectivity index (χ1) is 29.0. The van der Waals surface area contributed by atoms with E-state index in [1.807, 2.05) is 18.2 Å². The largest absolute Gasteiger partial charge is 0.462 e. The highest BCUT2D eigenvalue weighted by Gasteiger charge is 2.46. The van der Waals surface area contributed by atoms with Crippen molar-refractivity contribution in [2.45, 2.75) is 153 Å². The van der Waals surface area contributed by atoms with E-state index in [9.17, 15) is 37.9 Å². The van der Waals surface area contributed by atoms with Gasteiger partial charge in [-0.3, -0.25) is 14.1 Å². The number of carbonyl (C=O) groups excluding carboxylic acids is 2. The summed E-state index contributed by atoms with van der Waals surface area (Å²) in [7, 11) is -4.62. The van der Waals surface area contributed by atoms with Crippen molar-refractivity contribution < 1.29 is 56.8 Å². The van der Waals surface area contributed by atoms with E-state index in [-0.39, 0.29) is 19.4 Å². The predicted octanol–water partition coefficient (Wildman–Crippen LogP) is 8.44. The van der Waals surface area contributed by atoms with Crippen molar-refractivity contribution in [3.8, 4) is 0 Å². The standard InChI is InChI=1S/C47H72O12S/c1-3-5-7-9-11-13-15-17-18-19-20-21-22-24-26-28-30-32-34-36-43(49)58-40(38-57-47-46(52)45(51)44(50)41(59-47)39-60(53,54)55)37-56-42(48)35-33-31-29-27-25-23-16-14-12-10-8-6-4-2/h5-8,11-14,17-18,20-21,23-26,30,32,40-41,44-47,50-52H,3-4,9-10,15-16,19,22,27-29,31,33-39H2,1-2H3,(H,53,54,55)/b7-5-,8-6-,13-11-,14-12-,18-17-,21-20-,25-23-,26-24-,32-30-. The summed E-state index contributed by atoms with van der Waals surface area (Å²) in [6.45, 7) is 3.41. The van der Waals surface area contributed by atoms with E-state index in [0.29, 0.717) is 19.3 Å². The lowest BCUT2D eigenvalue weighted by Crippen LogP contribution is -2.60. The lowest BCUT2D eigenvalue weighted by molar-refractivity contribution is -0.297. The van der Waals surface area contributed by atoms with Crippen LogP contribution in [0.3, 0.4) is 0 Å². The summed E-state index contributed by atoms with van der Waals surface area (Å²) in [5.41, 5.74) is 0. The Labute approximate surface area is 359 Å². The predicted molar refractivity (Wildman–Crippen MR) is 237 cm³/mol. The van der Waals surface area contributed by atoms with Crippen molar-refractivity contribution in [3.63, 3.8) is 0 Å². The number of ether oxygens (including phenoxy) is 4. The van der Waals surface area contributed by atoms with Crippen LogP contribution in [0.25, 0.3) is 0 Å². The van der Waals surface area contributed by atoms with Crippen LogP contribution >= 0.6 is 0 Å². The van der Waals surface area contributed by atoms with Gasteiger partial charge in [-0.2, -0.15) is 8.42 Å². The highest BCUT2D eigenvalue weighted by Crippen LogP contribution is 2.23. The summed E-state index contributed by atoms with van der Waals surface area (Å²) < 4.78 is 53.9. The number of carbonyl (C=O) groups is 2. The molecule has 0 aromatic carbocycles. The average molecular weight is 861 g/mol. The second kappa shape index (κ2) is 36.0. The van der Waals surface area contributed by atoms with Gasteiger partial charge in [0.2, 0.25) is 0 Å². The van der Waals surface area contributed by atoms with Crippen molar-refractivity contribution in [2.75, 3.05) is 19.0 Å². The third kappa shape index (κ3) is 30.4. The van der Waals surface area contributed by atoms with Crippen molar-refractivity contribution in [3.05, 3.63) is 109 Å². The fourth-order valence-corrected chi connectivity index (χ4v) is 6.29. The fraction of sp³-hybridized carbons (Fsp3) is 0.574. The van der Waals surface area contributed by atoms with E-state index >= 15 is 0 Å². The molecule has 1 saturated heterocycles. The fourth-order valence-electron chi connectivity index (χ4n) is 5.60. The van der Waals surface area contributed by atoms with Crippen molar-refractivity contribution in [1.29, 1.82) is 0 Å². The summed E-state index contributed by atoms with van der Waals surface area (Å²) in [4.78, 5) is 25.3. The number of allylic oxidation sites excluding steroid dienone is 18. The van der Waals surface area contributed by atoms with Gasteiger partial charge in [0, 0.05) is 12.8 Å². The van der Waals surface area contributed by atoms with E-state index < -0.39 is 71.2 Å². The van der Waals surface area contributed by atoms with Crippen LogP contribution < -0.4 is 0 Å². The number of esters is 2. The van der Waals surface area contributed by atoms with Gasteiger partial charge < -0.3 is 34.3 Å². The van der Waals surface area contributed by atoms with Gasteiger partial charge >= 0.3 is 11.9 Å². The minimum Gasteiger partial charge on any atom is -0.462 e. The molecule has 1 aliphatic rings. The highest BCUT2D eigenvalue weighted by molar-refractivity contribution is 7.85. The smallest absolute Gasteiger partial charge is 0.306 e. The number of aliphatic hydroxyl groups is 3. The molecule has 0 amide bonds. The summed E-state index contributed by atoms with van der Waals surface area (Å²) >= 11 is 0. The Balaban J connectivity index is 2.56. The monoisotopic (exact) mass is 860 g/mol. The lowest BCUT2D eigenvalue weighted by Gasteiger charge is -2.40. The van der Waals surface area contributed by atoms with E-state index in [2.05, 4.69) is 105 Å². The molecule has 0 radical (unpaired) electrons. The molecule has 0 spiro atoms. The highest BCUT2D eigenvalue weighted by atomic mass is 32.2. The minimum atomic E-state index is -4.62. The molecule has 1 aliphatic heterocycles. The molecule has 60 heavy (non-hydrogen) atoms. The van der Waals surface area contributed by atoms with Gasteiger partial charge in [-0.1, -0.05) is 130 Å². The Morgan fingerprint density at radius 3 is 1.52 bits per heavy atom. The van der Waals surface area contributed by atoms with Crippen LogP contribution in [0.4, 0.5) is 0 Å². The second-order valence-electron chi connectivity index (χ2n) is 14.2. The first-order valence-corrected chi connectivity index (χ1v) is 23.1. The molecule has 0 aromatic heterocycles. The maximum atomic E-state index is 12.8. The maximum absolute atomic E-state index is 12.8. The number of unbranched alkanes of at least 4 members (excludes halogenated alkanes) is 3. The summed E-state index contributed by atoms with van der Waals surface area (Å²) in [5, 5.41) is 30.8. The Morgan fingerprint density at radius 2 is 1.03 bits per heavy atom. The van der Waals surface area contributed by atoms with Gasteiger partial charge in [-0.05, 0) is 83.5 Å². The summed E-state index contributed by atoms with van der Waals surface area (Å²) in [5.74, 6) is -2.15. The van der Waals surface area contributed by atoms with Crippen LogP contribution in [0.2, 0.25) is 0 Å². The average Bonchev–Trinajstić information content (AvgIpc) is 3.21. The molecule has 0 aromatic rings. The van der Waals surface area contributed by atoms with Gasteiger partial charge in [-0.15, -0.1) is 0 Å². The van der Waals surface area contributed by atoms with Crippen LogP contribution in [-0.2, 0) is 38.7 Å². The zero-order chi connectivity index (χ0) is 44.1. The molecule has 0 saturated carbocycles. The topological polar surface area (TPSA) is 186 Å². The lowest BCUT2D eigenvalue weighted by atomic mass is 10.00. The molecule has 12 nitrogen and oxygen atoms in total. The molecule has 1 rings (SSSR count). The van der Waals surface area contributed by atoms with Crippen LogP contribution in [0.1, 0.15) is 117 Å². The molecule has 6 unspecified atom stereocenters. The van der Waals surface area contributed by atoms with E-state index in [1.54, 1.807) is 0 Å². The molecule has 6 atom stereocenters. The maximum Gasteiger partial charge on any atom is 0.306 e. The molecule has 1 heterocycles. The zero-order valence-corrected chi connectivity index (χ0v) is 36.6. The summed E-state index contributed by atoms with van der Waals surface area (Å²) in [6.07, 6.45) is 40.1. The van der Waals surface area contributed by atoms with Gasteiger partial charge in [0.1, 0.15) is 36.8 Å². The normalized spacial score (nSPS) is 21.2. The number of rotatable bonds is 33. The van der Waals surface area contributed by atoms with Crippen molar-refractivity contribution >= 4 is 22.1 Å². The van der Waals surface area contributed by atoms with Gasteiger partial charge in [0.15, 0.2) is 12.4 Å². The van der Waals surface area contributed by atoms with E-state index in [1.165, 1.54) is 0 Å². The molecule has 0 bridgehead atoms. The third-order valence-corrected chi connectivity index (χ3v) is 9.61. The second-order valence-corrected chi connectivity index (χ2v) is 15.7. The number of hydrogen-bond acceptors (Lipinski definition) is 11. The van der Waals surface area contributed by atoms with Crippen molar-refractivity contribution in [2.24, 2.45) is 0 Å². The molecular weight excluding hydrogens is 789 g/mol. The van der Waals surface area contributed by atoms with E-state index in [4.69, 9.17) is 18.9 Å². The Hall–Kier alpha value is -3.69. The van der Waals surface area contributed by atoms with Gasteiger partial charge in [-0.25, -0.2) is 0 Å². The zero-order valence-electron chi connectivity index (χ0n) is 35.8. The number of hydrogen-bond donors (Lipinski definition) is 4. The van der Waals surface area contributed by atoms with Gasteiger partial charge in [0.05, 0.1) is 6.61 Å². The van der Waals surface area contributed by atoms with Crippen LogP contribution in [0.15, 0.2) is 109 Å². The molecular formula is C47H72O12S. The summed E-state index contributed by atoms with van der Waals surface area (Å²) in [6, 6.07) is 0. The SMILES string of the molecule is CC/C=C\C/C=C\C/C=C\C/C=C\C/C=C\C/C=C\CCC(=O)OC(COC(=O)CCCCC/C=C\C/C=C\C/C=C\CC)COC1OC(CS(=O)(=O)O)C(O)C(O)C1O. The molecule has 338 valence electrons. The Morgan fingerprint density at radius 1 is 0.567 bits per heavy atom. The third-order valence-electron chi connectivity index (χ3n) is 8.86. The van der Waals surface area contributed by atoms with Crippen LogP contribution in [0, 0.1) is 0 Å². The minimum absolute atomic E-state index is 0.0253. The van der Waals surface area contributed by atoms with Crippen LogP contribution in [-0.4, -0.2) is 96.0 Å². The molecule has 0 aliphatic carbocycles. The molecule has 4 N–H and O–H groups in total. The Bertz CT molecular complexity index is 1520. The quantitative estimate of drug-likeness (QED) is 0.0214. The molecule has 1 fully saturated rings. The van der Waals surface area contributed by atoms with Crippen molar-refractivity contribution in [1.82, 2.24) is 0 Å². The Kier molecular flexibility index (Phi) is 32.6. The van der Waals surface area contributed by atoms with E-state index in [0.717, 1.165) is 70.6 Å². The van der Waals surface area contributed by atoms with Gasteiger partial charge in [0.25, 0.3) is 10.1 Å².